The third-order valence-corrected chi connectivity index (χ3v) is 3.63. The Hall–Kier alpha value is -1.88. The molecule has 0 atom stereocenters. The van der Waals surface area contributed by atoms with Crippen molar-refractivity contribution in [3.05, 3.63) is 57.8 Å². The standard InChI is InChI=1S/C16H16BrFN2O/c1-10-3-5-13(20-11(2)21)8-16(10)19-9-12-4-6-15(18)14(17)7-12/h3-8,19H,9H2,1-2H3,(H,20,21). The summed E-state index contributed by atoms with van der Waals surface area (Å²) in [5.74, 6) is -0.380. The molecule has 110 valence electrons. The van der Waals surface area contributed by atoms with Crippen LogP contribution < -0.4 is 10.6 Å². The van der Waals surface area contributed by atoms with Crippen LogP contribution in [0.25, 0.3) is 0 Å². The fraction of sp³-hybridized carbons (Fsp3) is 0.188. The van der Waals surface area contributed by atoms with Gasteiger partial charge in [0, 0.05) is 24.8 Å². The molecule has 0 radical (unpaired) electrons. The molecule has 0 bridgehead atoms. The fourth-order valence-corrected chi connectivity index (χ4v) is 2.37. The Morgan fingerprint density at radius 1 is 1.24 bits per heavy atom. The van der Waals surface area contributed by atoms with Crippen molar-refractivity contribution in [2.45, 2.75) is 20.4 Å². The predicted molar refractivity (Wildman–Crippen MR) is 86.9 cm³/mol. The van der Waals surface area contributed by atoms with Crippen molar-refractivity contribution in [2.75, 3.05) is 10.6 Å². The van der Waals surface area contributed by atoms with E-state index in [0.717, 1.165) is 22.5 Å². The Balaban J connectivity index is 2.11. The molecule has 1 amide bonds. The van der Waals surface area contributed by atoms with Gasteiger partial charge in [-0.1, -0.05) is 12.1 Å². The average molecular weight is 351 g/mol. The number of benzene rings is 2. The Bertz CT molecular complexity index is 673. The topological polar surface area (TPSA) is 41.1 Å². The largest absolute Gasteiger partial charge is 0.381 e. The summed E-state index contributed by atoms with van der Waals surface area (Å²) in [5, 5.41) is 6.05. The van der Waals surface area contributed by atoms with E-state index in [1.54, 1.807) is 12.1 Å². The van der Waals surface area contributed by atoms with E-state index in [0.29, 0.717) is 11.0 Å². The maximum Gasteiger partial charge on any atom is 0.221 e. The van der Waals surface area contributed by atoms with Gasteiger partial charge < -0.3 is 10.6 Å². The highest BCUT2D eigenvalue weighted by molar-refractivity contribution is 9.10. The molecule has 2 N–H and O–H groups in total. The minimum atomic E-state index is -0.275. The normalized spacial score (nSPS) is 10.3. The summed E-state index contributed by atoms with van der Waals surface area (Å²) in [4.78, 5) is 11.1. The number of amides is 1. The molecule has 0 heterocycles. The number of halogens is 2. The highest BCUT2D eigenvalue weighted by atomic mass is 79.9. The average Bonchev–Trinajstić information content (AvgIpc) is 2.42. The van der Waals surface area contributed by atoms with Crippen LogP contribution >= 0.6 is 15.9 Å². The molecular formula is C16H16BrFN2O. The Labute approximate surface area is 131 Å². The Morgan fingerprint density at radius 2 is 2.00 bits per heavy atom. The van der Waals surface area contributed by atoms with Gasteiger partial charge in [-0.05, 0) is 58.2 Å². The molecule has 2 rings (SSSR count). The van der Waals surface area contributed by atoms with E-state index < -0.39 is 0 Å². The number of carbonyl (C=O) groups is 1. The smallest absolute Gasteiger partial charge is 0.221 e. The van der Waals surface area contributed by atoms with Crippen LogP contribution in [0.15, 0.2) is 40.9 Å². The van der Waals surface area contributed by atoms with Gasteiger partial charge in [0.25, 0.3) is 0 Å². The highest BCUT2D eigenvalue weighted by Crippen LogP contribution is 2.22. The van der Waals surface area contributed by atoms with Gasteiger partial charge in [-0.3, -0.25) is 4.79 Å². The second-order valence-electron chi connectivity index (χ2n) is 4.81. The van der Waals surface area contributed by atoms with Crippen LogP contribution in [0.5, 0.6) is 0 Å². The van der Waals surface area contributed by atoms with Crippen LogP contribution in [0.4, 0.5) is 15.8 Å². The Kier molecular flexibility index (Phi) is 4.96. The SMILES string of the molecule is CC(=O)Nc1ccc(C)c(NCc2ccc(F)c(Br)c2)c1. The summed E-state index contributed by atoms with van der Waals surface area (Å²) in [6.07, 6.45) is 0. The van der Waals surface area contributed by atoms with Gasteiger partial charge in [0.1, 0.15) is 5.82 Å². The lowest BCUT2D eigenvalue weighted by atomic mass is 10.1. The summed E-state index contributed by atoms with van der Waals surface area (Å²) in [7, 11) is 0. The molecule has 0 saturated heterocycles. The van der Waals surface area contributed by atoms with E-state index in [-0.39, 0.29) is 11.7 Å². The molecule has 2 aromatic rings. The molecule has 2 aromatic carbocycles. The zero-order chi connectivity index (χ0) is 15.4. The first-order chi connectivity index (χ1) is 9.95. The molecule has 0 spiro atoms. The van der Waals surface area contributed by atoms with Gasteiger partial charge in [0.2, 0.25) is 5.91 Å². The van der Waals surface area contributed by atoms with Crippen LogP contribution in [0, 0.1) is 12.7 Å². The number of nitrogens with one attached hydrogen (secondary N) is 2. The van der Waals surface area contributed by atoms with Crippen molar-refractivity contribution < 1.29 is 9.18 Å². The van der Waals surface area contributed by atoms with Gasteiger partial charge >= 0.3 is 0 Å². The first kappa shape index (κ1) is 15.5. The summed E-state index contributed by atoms with van der Waals surface area (Å²) in [6.45, 7) is 4.03. The first-order valence-electron chi connectivity index (χ1n) is 6.52. The maximum atomic E-state index is 13.2. The number of anilines is 2. The molecule has 0 saturated carbocycles. The molecule has 0 aliphatic rings. The van der Waals surface area contributed by atoms with Gasteiger partial charge in [-0.15, -0.1) is 0 Å². The van der Waals surface area contributed by atoms with Crippen LogP contribution in [0.1, 0.15) is 18.1 Å². The number of aryl methyl sites for hydroxylation is 1. The van der Waals surface area contributed by atoms with Crippen molar-refractivity contribution in [1.29, 1.82) is 0 Å². The highest BCUT2D eigenvalue weighted by Gasteiger charge is 2.04. The van der Waals surface area contributed by atoms with Crippen LogP contribution in [-0.4, -0.2) is 5.91 Å². The second kappa shape index (κ2) is 6.72. The third kappa shape index (κ3) is 4.29. The molecule has 5 heteroatoms. The minimum absolute atomic E-state index is 0.104. The molecule has 0 fully saturated rings. The number of carbonyl (C=O) groups excluding carboxylic acids is 1. The summed E-state index contributed by atoms with van der Waals surface area (Å²) in [5.41, 5.74) is 3.72. The van der Waals surface area contributed by atoms with E-state index in [2.05, 4.69) is 26.6 Å². The predicted octanol–water partition coefficient (Wildman–Crippen LogP) is 4.47. The van der Waals surface area contributed by atoms with E-state index in [4.69, 9.17) is 0 Å². The summed E-state index contributed by atoms with van der Waals surface area (Å²) in [6, 6.07) is 10.6. The van der Waals surface area contributed by atoms with E-state index in [1.165, 1.54) is 13.0 Å². The van der Waals surface area contributed by atoms with E-state index in [9.17, 15) is 9.18 Å². The molecule has 0 aliphatic heterocycles. The summed E-state index contributed by atoms with van der Waals surface area (Å²) >= 11 is 3.18. The molecule has 0 aliphatic carbocycles. The van der Waals surface area contributed by atoms with E-state index >= 15 is 0 Å². The van der Waals surface area contributed by atoms with Gasteiger partial charge in [0.15, 0.2) is 0 Å². The van der Waals surface area contributed by atoms with Gasteiger partial charge in [-0.25, -0.2) is 4.39 Å². The van der Waals surface area contributed by atoms with Crippen molar-refractivity contribution in [3.63, 3.8) is 0 Å². The van der Waals surface area contributed by atoms with Crippen molar-refractivity contribution in [3.8, 4) is 0 Å². The van der Waals surface area contributed by atoms with Gasteiger partial charge in [0.05, 0.1) is 4.47 Å². The van der Waals surface area contributed by atoms with Crippen molar-refractivity contribution in [1.82, 2.24) is 0 Å². The molecular weight excluding hydrogens is 335 g/mol. The molecule has 3 nitrogen and oxygen atoms in total. The van der Waals surface area contributed by atoms with E-state index in [1.807, 2.05) is 25.1 Å². The first-order valence-corrected chi connectivity index (χ1v) is 7.31. The summed E-state index contributed by atoms with van der Waals surface area (Å²) < 4.78 is 13.6. The second-order valence-corrected chi connectivity index (χ2v) is 5.67. The van der Waals surface area contributed by atoms with Crippen LogP contribution in [0.3, 0.4) is 0 Å². The number of hydrogen-bond acceptors (Lipinski definition) is 2. The molecule has 21 heavy (non-hydrogen) atoms. The van der Waals surface area contributed by atoms with Crippen LogP contribution in [-0.2, 0) is 11.3 Å². The van der Waals surface area contributed by atoms with Crippen LogP contribution in [0.2, 0.25) is 0 Å². The number of rotatable bonds is 4. The minimum Gasteiger partial charge on any atom is -0.381 e. The Morgan fingerprint density at radius 3 is 2.67 bits per heavy atom. The maximum absolute atomic E-state index is 13.2. The lowest BCUT2D eigenvalue weighted by Crippen LogP contribution is -2.07. The fourth-order valence-electron chi connectivity index (χ4n) is 1.94. The number of hydrogen-bond donors (Lipinski definition) is 2. The lowest BCUT2D eigenvalue weighted by Gasteiger charge is -2.12. The quantitative estimate of drug-likeness (QED) is 0.854. The lowest BCUT2D eigenvalue weighted by molar-refractivity contribution is -0.114. The zero-order valence-corrected chi connectivity index (χ0v) is 13.4. The molecule has 0 aromatic heterocycles. The van der Waals surface area contributed by atoms with Crippen molar-refractivity contribution in [2.24, 2.45) is 0 Å². The monoisotopic (exact) mass is 350 g/mol. The third-order valence-electron chi connectivity index (χ3n) is 3.02. The van der Waals surface area contributed by atoms with Gasteiger partial charge in [-0.2, -0.15) is 0 Å². The van der Waals surface area contributed by atoms with Crippen molar-refractivity contribution >= 4 is 33.2 Å². The zero-order valence-electron chi connectivity index (χ0n) is 11.8. The molecule has 0 unspecified atom stereocenters.